The van der Waals surface area contributed by atoms with Gasteiger partial charge in [-0.25, -0.2) is 4.79 Å². The van der Waals surface area contributed by atoms with Crippen molar-refractivity contribution in [2.75, 3.05) is 7.11 Å². The first-order valence-corrected chi connectivity index (χ1v) is 5.45. The maximum Gasteiger partial charge on any atom is 0.351 e. The zero-order chi connectivity index (χ0) is 12.5. The van der Waals surface area contributed by atoms with Crippen LogP contribution in [0.4, 0.5) is 0 Å². The van der Waals surface area contributed by atoms with Crippen molar-refractivity contribution in [3.05, 3.63) is 53.1 Å². The first-order valence-electron chi connectivity index (χ1n) is 5.45. The fourth-order valence-electron chi connectivity index (χ4n) is 1.97. The monoisotopic (exact) mass is 242 g/mol. The molecule has 3 rings (SSSR count). The number of methoxy groups -OCH3 is 1. The van der Waals surface area contributed by atoms with Crippen molar-refractivity contribution in [1.29, 1.82) is 0 Å². The van der Waals surface area contributed by atoms with Gasteiger partial charge in [0.1, 0.15) is 22.7 Å². The molecule has 0 unspecified atom stereocenters. The summed E-state index contributed by atoms with van der Waals surface area (Å²) in [5.41, 5.74) is 0.330. The number of benzene rings is 1. The van der Waals surface area contributed by atoms with Crippen molar-refractivity contribution >= 4 is 11.0 Å². The molecule has 2 heterocycles. The van der Waals surface area contributed by atoms with Crippen molar-refractivity contribution in [2.24, 2.45) is 0 Å². The van der Waals surface area contributed by atoms with E-state index in [0.29, 0.717) is 22.7 Å². The van der Waals surface area contributed by atoms with E-state index >= 15 is 0 Å². The quantitative estimate of drug-likeness (QED) is 0.648. The van der Waals surface area contributed by atoms with E-state index in [-0.39, 0.29) is 0 Å². The molecule has 0 spiro atoms. The van der Waals surface area contributed by atoms with Crippen molar-refractivity contribution < 1.29 is 13.6 Å². The van der Waals surface area contributed by atoms with Crippen LogP contribution in [0.25, 0.3) is 22.3 Å². The van der Waals surface area contributed by atoms with Gasteiger partial charge in [-0.1, -0.05) is 12.1 Å². The van der Waals surface area contributed by atoms with Crippen molar-refractivity contribution in [1.82, 2.24) is 0 Å². The summed E-state index contributed by atoms with van der Waals surface area (Å²) in [4.78, 5) is 12.0. The second kappa shape index (κ2) is 4.07. The highest BCUT2D eigenvalue weighted by molar-refractivity contribution is 5.89. The summed E-state index contributed by atoms with van der Waals surface area (Å²) in [5, 5.41) is 0.742. The van der Waals surface area contributed by atoms with E-state index in [1.165, 1.54) is 13.4 Å². The van der Waals surface area contributed by atoms with Crippen molar-refractivity contribution in [2.45, 2.75) is 0 Å². The molecule has 0 atom stereocenters. The Hall–Kier alpha value is -2.49. The number of fused-ring (bicyclic) bond motifs is 1. The third-order valence-corrected chi connectivity index (χ3v) is 2.74. The summed E-state index contributed by atoms with van der Waals surface area (Å²) in [5.74, 6) is 0.906. The van der Waals surface area contributed by atoms with E-state index in [1.54, 1.807) is 24.3 Å². The first kappa shape index (κ1) is 10.7. The van der Waals surface area contributed by atoms with E-state index < -0.39 is 5.63 Å². The van der Waals surface area contributed by atoms with Crippen LogP contribution in [0.3, 0.4) is 0 Å². The molecule has 4 heteroatoms. The molecule has 0 aliphatic heterocycles. The van der Waals surface area contributed by atoms with E-state index in [2.05, 4.69) is 0 Å². The Balaban J connectivity index is 2.45. The van der Waals surface area contributed by atoms with E-state index in [1.807, 2.05) is 12.1 Å². The van der Waals surface area contributed by atoms with Gasteiger partial charge >= 0.3 is 5.63 Å². The van der Waals surface area contributed by atoms with Crippen LogP contribution in [0.15, 0.2) is 56.3 Å². The molecule has 0 amide bonds. The van der Waals surface area contributed by atoms with Crippen LogP contribution in [-0.2, 0) is 0 Å². The Morgan fingerprint density at radius 1 is 1.11 bits per heavy atom. The van der Waals surface area contributed by atoms with Crippen LogP contribution < -0.4 is 10.4 Å². The summed E-state index contributed by atoms with van der Waals surface area (Å²) in [6, 6.07) is 10.6. The molecule has 4 nitrogen and oxygen atoms in total. The smallest absolute Gasteiger partial charge is 0.351 e. The van der Waals surface area contributed by atoms with Crippen LogP contribution in [0.5, 0.6) is 5.75 Å². The van der Waals surface area contributed by atoms with E-state index in [4.69, 9.17) is 13.6 Å². The number of ether oxygens (including phenoxy) is 1. The third kappa shape index (κ3) is 1.50. The molecular formula is C14H10O4. The Bertz CT molecular complexity index is 738. The second-order valence-corrected chi connectivity index (χ2v) is 3.77. The highest BCUT2D eigenvalue weighted by Crippen LogP contribution is 2.33. The second-order valence-electron chi connectivity index (χ2n) is 3.77. The summed E-state index contributed by atoms with van der Waals surface area (Å²) < 4.78 is 15.9. The van der Waals surface area contributed by atoms with Gasteiger partial charge in [0, 0.05) is 0 Å². The predicted molar refractivity (Wildman–Crippen MR) is 66.7 cm³/mol. The lowest BCUT2D eigenvalue weighted by atomic mass is 10.1. The molecule has 0 saturated carbocycles. The normalized spacial score (nSPS) is 10.7. The van der Waals surface area contributed by atoms with Crippen LogP contribution in [0.2, 0.25) is 0 Å². The average molecular weight is 242 g/mol. The third-order valence-electron chi connectivity index (χ3n) is 2.74. The van der Waals surface area contributed by atoms with Gasteiger partial charge in [0.25, 0.3) is 0 Å². The Kier molecular flexibility index (Phi) is 2.41. The minimum Gasteiger partial charge on any atom is -0.495 e. The number of furan rings is 1. The first-order chi connectivity index (χ1) is 8.81. The van der Waals surface area contributed by atoms with Crippen molar-refractivity contribution in [3.8, 4) is 17.1 Å². The topological polar surface area (TPSA) is 52.6 Å². The van der Waals surface area contributed by atoms with Gasteiger partial charge in [-0.3, -0.25) is 0 Å². The highest BCUT2D eigenvalue weighted by Gasteiger charge is 2.18. The molecule has 0 saturated heterocycles. The van der Waals surface area contributed by atoms with Crippen LogP contribution >= 0.6 is 0 Å². The molecule has 0 aliphatic rings. The Morgan fingerprint density at radius 3 is 2.67 bits per heavy atom. The summed E-state index contributed by atoms with van der Waals surface area (Å²) in [6.45, 7) is 0. The minimum absolute atomic E-state index is 0.307. The molecular weight excluding hydrogens is 232 g/mol. The summed E-state index contributed by atoms with van der Waals surface area (Å²) in [7, 11) is 1.52. The molecule has 18 heavy (non-hydrogen) atoms. The summed E-state index contributed by atoms with van der Waals surface area (Å²) in [6.07, 6.45) is 1.50. The van der Waals surface area contributed by atoms with Gasteiger partial charge in [-0.2, -0.15) is 0 Å². The van der Waals surface area contributed by atoms with Crippen molar-refractivity contribution in [3.63, 3.8) is 0 Å². The van der Waals surface area contributed by atoms with Crippen LogP contribution in [0.1, 0.15) is 0 Å². The Morgan fingerprint density at radius 2 is 1.94 bits per heavy atom. The largest absolute Gasteiger partial charge is 0.495 e. The number of rotatable bonds is 2. The molecule has 1 aromatic carbocycles. The van der Waals surface area contributed by atoms with Gasteiger partial charge in [-0.15, -0.1) is 0 Å². The molecule has 0 bridgehead atoms. The van der Waals surface area contributed by atoms with Gasteiger partial charge < -0.3 is 13.6 Å². The molecule has 3 aromatic rings. The molecule has 90 valence electrons. The van der Waals surface area contributed by atoms with E-state index in [0.717, 1.165) is 5.39 Å². The van der Waals surface area contributed by atoms with E-state index in [9.17, 15) is 4.79 Å². The lowest BCUT2D eigenvalue weighted by Crippen LogP contribution is -2.05. The molecule has 0 N–H and O–H groups in total. The number of para-hydroxylation sites is 1. The number of hydrogen-bond donors (Lipinski definition) is 0. The maximum atomic E-state index is 12.0. The predicted octanol–water partition coefficient (Wildman–Crippen LogP) is 3.06. The zero-order valence-electron chi connectivity index (χ0n) is 9.67. The number of hydrogen-bond acceptors (Lipinski definition) is 4. The average Bonchev–Trinajstić information content (AvgIpc) is 2.90. The lowest BCUT2D eigenvalue weighted by molar-refractivity contribution is 0.413. The molecule has 0 radical (unpaired) electrons. The fraction of sp³-hybridized carbons (Fsp3) is 0.0714. The zero-order valence-corrected chi connectivity index (χ0v) is 9.67. The fourth-order valence-corrected chi connectivity index (χ4v) is 1.97. The van der Waals surface area contributed by atoms with Crippen LogP contribution in [0, 0.1) is 0 Å². The van der Waals surface area contributed by atoms with Gasteiger partial charge in [0.2, 0.25) is 0 Å². The molecule has 0 fully saturated rings. The highest BCUT2D eigenvalue weighted by atomic mass is 16.5. The standard InChI is InChI=1S/C14H10O4/c1-16-13-9-5-2-3-6-10(9)18-14(15)12(13)11-7-4-8-17-11/h2-8H,1H3. The van der Waals surface area contributed by atoms with Gasteiger partial charge in [0.15, 0.2) is 0 Å². The molecule has 2 aromatic heterocycles. The van der Waals surface area contributed by atoms with Gasteiger partial charge in [-0.05, 0) is 24.3 Å². The molecule has 0 aliphatic carbocycles. The maximum absolute atomic E-state index is 12.0. The van der Waals surface area contributed by atoms with Gasteiger partial charge in [0.05, 0.1) is 18.8 Å². The lowest BCUT2D eigenvalue weighted by Gasteiger charge is -2.07. The van der Waals surface area contributed by atoms with Crippen LogP contribution in [-0.4, -0.2) is 7.11 Å². The summed E-state index contributed by atoms with van der Waals surface area (Å²) >= 11 is 0. The Labute approximate surface area is 102 Å². The SMILES string of the molecule is COc1c(-c2ccco2)c(=O)oc2ccccc12. The minimum atomic E-state index is -0.472.